The molecule has 1 aromatic rings. The third-order valence-corrected chi connectivity index (χ3v) is 4.46. The number of nitrogens with one attached hydrogen (secondary N) is 1. The third kappa shape index (κ3) is 3.73. The van der Waals surface area contributed by atoms with Crippen LogP contribution in [-0.4, -0.2) is 11.7 Å². The van der Waals surface area contributed by atoms with Gasteiger partial charge in [-0.15, -0.1) is 11.3 Å². The second-order valence-corrected chi connectivity index (χ2v) is 7.20. The second-order valence-electron chi connectivity index (χ2n) is 6.11. The highest BCUT2D eigenvalue weighted by Gasteiger charge is 2.23. The van der Waals surface area contributed by atoms with Crippen molar-refractivity contribution in [1.82, 2.24) is 0 Å². The summed E-state index contributed by atoms with van der Waals surface area (Å²) >= 11 is 1.50. The van der Waals surface area contributed by atoms with Crippen molar-refractivity contribution in [2.75, 3.05) is 5.32 Å². The summed E-state index contributed by atoms with van der Waals surface area (Å²) in [5.74, 6) is 0.543. The summed E-state index contributed by atoms with van der Waals surface area (Å²) < 4.78 is 5.22. The first-order valence-electron chi connectivity index (χ1n) is 6.93. The van der Waals surface area contributed by atoms with Crippen LogP contribution in [0.3, 0.4) is 0 Å². The average molecular weight is 292 g/mol. The Morgan fingerprint density at radius 3 is 2.65 bits per heavy atom. The van der Waals surface area contributed by atoms with Gasteiger partial charge in [-0.05, 0) is 45.6 Å². The van der Waals surface area contributed by atoms with E-state index in [1.54, 1.807) is 0 Å². The molecule has 5 heteroatoms. The molecule has 2 rings (SSSR count). The van der Waals surface area contributed by atoms with Crippen molar-refractivity contribution in [2.45, 2.75) is 58.0 Å². The lowest BCUT2D eigenvalue weighted by Gasteiger charge is -2.19. The van der Waals surface area contributed by atoms with E-state index in [0.29, 0.717) is 16.5 Å². The van der Waals surface area contributed by atoms with Crippen molar-refractivity contribution < 1.29 is 9.53 Å². The highest BCUT2D eigenvalue weighted by molar-refractivity contribution is 7.16. The normalized spacial score (nSPS) is 15.9. The number of nitriles is 1. The summed E-state index contributed by atoms with van der Waals surface area (Å²) in [6.45, 7) is 5.45. The number of anilines is 1. The largest absolute Gasteiger partial charge is 0.444 e. The van der Waals surface area contributed by atoms with Gasteiger partial charge in [-0.25, -0.2) is 4.79 Å². The van der Waals surface area contributed by atoms with E-state index in [1.165, 1.54) is 41.9 Å². The van der Waals surface area contributed by atoms with Gasteiger partial charge >= 0.3 is 6.09 Å². The van der Waals surface area contributed by atoms with Gasteiger partial charge in [-0.2, -0.15) is 5.26 Å². The van der Waals surface area contributed by atoms with E-state index in [0.717, 1.165) is 0 Å². The van der Waals surface area contributed by atoms with Crippen LogP contribution in [0.25, 0.3) is 0 Å². The van der Waals surface area contributed by atoms with Gasteiger partial charge in [0.05, 0.1) is 5.56 Å². The number of rotatable bonds is 2. The first-order valence-corrected chi connectivity index (χ1v) is 7.74. The van der Waals surface area contributed by atoms with Gasteiger partial charge in [-0.1, -0.05) is 12.8 Å². The average Bonchev–Trinajstić information content (AvgIpc) is 2.93. The number of ether oxygens (including phenoxy) is 1. The number of carbonyl (C=O) groups is 1. The van der Waals surface area contributed by atoms with Crippen LogP contribution in [0.2, 0.25) is 0 Å². The van der Waals surface area contributed by atoms with Crippen LogP contribution >= 0.6 is 11.3 Å². The summed E-state index contributed by atoms with van der Waals surface area (Å²) in [6, 6.07) is 4.06. The number of nitrogens with zero attached hydrogens (tertiary/aromatic N) is 1. The lowest BCUT2D eigenvalue weighted by atomic mass is 10.1. The number of thiophene rings is 1. The zero-order valence-corrected chi connectivity index (χ0v) is 13.0. The van der Waals surface area contributed by atoms with E-state index < -0.39 is 11.7 Å². The fourth-order valence-electron chi connectivity index (χ4n) is 2.39. The van der Waals surface area contributed by atoms with Crippen molar-refractivity contribution >= 4 is 22.4 Å². The Balaban J connectivity index is 2.11. The molecule has 1 saturated carbocycles. The minimum absolute atomic E-state index is 0.506. The fourth-order valence-corrected chi connectivity index (χ4v) is 3.56. The summed E-state index contributed by atoms with van der Waals surface area (Å²) in [5.41, 5.74) is -0.00892. The molecule has 1 aliphatic rings. The molecule has 0 radical (unpaired) electrons. The number of amides is 1. The summed E-state index contributed by atoms with van der Waals surface area (Å²) in [6.07, 6.45) is 4.35. The molecular weight excluding hydrogens is 272 g/mol. The molecule has 0 bridgehead atoms. The van der Waals surface area contributed by atoms with E-state index in [-0.39, 0.29) is 0 Å². The Morgan fingerprint density at radius 1 is 1.45 bits per heavy atom. The van der Waals surface area contributed by atoms with Gasteiger partial charge in [0.1, 0.15) is 16.7 Å². The molecule has 1 heterocycles. The SMILES string of the molecule is CC(C)(C)OC(=O)Nc1sc(C2CCCC2)cc1C#N. The summed E-state index contributed by atoms with van der Waals surface area (Å²) in [5, 5.41) is 12.5. The van der Waals surface area contributed by atoms with E-state index in [1.807, 2.05) is 26.8 Å². The Labute approximate surface area is 123 Å². The van der Waals surface area contributed by atoms with Crippen LogP contribution in [0.15, 0.2) is 6.07 Å². The van der Waals surface area contributed by atoms with Crippen LogP contribution in [-0.2, 0) is 4.74 Å². The Bertz CT molecular complexity index is 531. The highest BCUT2D eigenvalue weighted by Crippen LogP contribution is 2.40. The summed E-state index contributed by atoms with van der Waals surface area (Å²) in [7, 11) is 0. The molecule has 4 nitrogen and oxygen atoms in total. The topological polar surface area (TPSA) is 62.1 Å². The van der Waals surface area contributed by atoms with Crippen molar-refractivity contribution in [3.8, 4) is 6.07 Å². The van der Waals surface area contributed by atoms with Gasteiger partial charge in [0.2, 0.25) is 0 Å². The van der Waals surface area contributed by atoms with Crippen molar-refractivity contribution in [3.63, 3.8) is 0 Å². The number of hydrogen-bond acceptors (Lipinski definition) is 4. The first-order chi connectivity index (χ1) is 9.39. The van der Waals surface area contributed by atoms with Crippen molar-refractivity contribution in [3.05, 3.63) is 16.5 Å². The maximum absolute atomic E-state index is 11.8. The molecule has 1 aliphatic carbocycles. The van der Waals surface area contributed by atoms with Gasteiger partial charge in [0.15, 0.2) is 0 Å². The monoisotopic (exact) mass is 292 g/mol. The molecule has 0 spiro atoms. The van der Waals surface area contributed by atoms with Crippen LogP contribution in [0.1, 0.15) is 62.8 Å². The maximum Gasteiger partial charge on any atom is 0.412 e. The number of hydrogen-bond donors (Lipinski definition) is 1. The maximum atomic E-state index is 11.8. The smallest absolute Gasteiger partial charge is 0.412 e. The van der Waals surface area contributed by atoms with Crippen LogP contribution in [0, 0.1) is 11.3 Å². The molecule has 108 valence electrons. The van der Waals surface area contributed by atoms with Gasteiger partial charge in [-0.3, -0.25) is 5.32 Å². The minimum Gasteiger partial charge on any atom is -0.444 e. The fraction of sp³-hybridized carbons (Fsp3) is 0.600. The van der Waals surface area contributed by atoms with Gasteiger partial charge in [0.25, 0.3) is 0 Å². The zero-order chi connectivity index (χ0) is 14.8. The first kappa shape index (κ1) is 14.9. The van der Waals surface area contributed by atoms with Gasteiger partial charge < -0.3 is 4.74 Å². The highest BCUT2D eigenvalue weighted by atomic mass is 32.1. The Kier molecular flexibility index (Phi) is 4.34. The van der Waals surface area contributed by atoms with Crippen molar-refractivity contribution in [2.24, 2.45) is 0 Å². The second kappa shape index (κ2) is 5.84. The lowest BCUT2D eigenvalue weighted by molar-refractivity contribution is 0.0636. The molecule has 1 aromatic heterocycles. The van der Waals surface area contributed by atoms with Crippen molar-refractivity contribution in [1.29, 1.82) is 5.26 Å². The molecular formula is C15H20N2O2S. The third-order valence-electron chi connectivity index (χ3n) is 3.24. The van der Waals surface area contributed by atoms with E-state index in [4.69, 9.17) is 4.74 Å². The standard InChI is InChI=1S/C15H20N2O2S/c1-15(2,3)19-14(18)17-13-11(9-16)8-12(20-13)10-6-4-5-7-10/h8,10H,4-7H2,1-3H3,(H,17,18). The molecule has 0 saturated heterocycles. The lowest BCUT2D eigenvalue weighted by Crippen LogP contribution is -2.27. The molecule has 1 amide bonds. The molecule has 0 aromatic carbocycles. The molecule has 0 atom stereocenters. The quantitative estimate of drug-likeness (QED) is 0.864. The zero-order valence-electron chi connectivity index (χ0n) is 12.2. The van der Waals surface area contributed by atoms with Crippen LogP contribution < -0.4 is 5.32 Å². The minimum atomic E-state index is -0.539. The Hall–Kier alpha value is -1.54. The predicted molar refractivity (Wildman–Crippen MR) is 80.1 cm³/mol. The number of carbonyl (C=O) groups excluding carboxylic acids is 1. The molecule has 1 N–H and O–H groups in total. The predicted octanol–water partition coefficient (Wildman–Crippen LogP) is 4.62. The van der Waals surface area contributed by atoms with Gasteiger partial charge in [0, 0.05) is 4.88 Å². The van der Waals surface area contributed by atoms with Crippen LogP contribution in [0.4, 0.5) is 9.80 Å². The Morgan fingerprint density at radius 2 is 2.10 bits per heavy atom. The van der Waals surface area contributed by atoms with E-state index in [2.05, 4.69) is 11.4 Å². The molecule has 1 fully saturated rings. The van der Waals surface area contributed by atoms with Crippen LogP contribution in [0.5, 0.6) is 0 Å². The van der Waals surface area contributed by atoms with E-state index in [9.17, 15) is 10.1 Å². The molecule has 20 heavy (non-hydrogen) atoms. The molecule has 0 aliphatic heterocycles. The molecule has 0 unspecified atom stereocenters. The summed E-state index contributed by atoms with van der Waals surface area (Å²) in [4.78, 5) is 13.0. The van der Waals surface area contributed by atoms with E-state index >= 15 is 0 Å².